The summed E-state index contributed by atoms with van der Waals surface area (Å²) in [7, 11) is 0. The van der Waals surface area contributed by atoms with Crippen LogP contribution in [0.3, 0.4) is 0 Å². The molecule has 4 heteroatoms. The lowest BCUT2D eigenvalue weighted by Crippen LogP contribution is -2.46. The smallest absolute Gasteiger partial charge is 0.223 e. The molecule has 104 valence electrons. The Hall–Kier alpha value is -0.610. The highest BCUT2D eigenvalue weighted by Gasteiger charge is 2.25. The number of piperidine rings is 1. The van der Waals surface area contributed by atoms with Gasteiger partial charge in [0.1, 0.15) is 0 Å². The van der Waals surface area contributed by atoms with Gasteiger partial charge >= 0.3 is 0 Å². The number of amides is 1. The van der Waals surface area contributed by atoms with Gasteiger partial charge in [0.05, 0.1) is 0 Å². The van der Waals surface area contributed by atoms with Gasteiger partial charge in [-0.25, -0.2) is 0 Å². The molecule has 0 saturated carbocycles. The van der Waals surface area contributed by atoms with Crippen molar-refractivity contribution < 1.29 is 4.79 Å². The maximum absolute atomic E-state index is 12.2. The Balaban J connectivity index is 1.73. The van der Waals surface area contributed by atoms with E-state index in [0.717, 1.165) is 45.8 Å². The van der Waals surface area contributed by atoms with Crippen molar-refractivity contribution >= 4 is 5.91 Å². The summed E-state index contributed by atoms with van der Waals surface area (Å²) >= 11 is 0. The normalized spacial score (nSPS) is 30.4. The van der Waals surface area contributed by atoms with Crippen molar-refractivity contribution in [2.75, 3.05) is 45.8 Å². The third kappa shape index (κ3) is 3.95. The molecule has 2 fully saturated rings. The summed E-state index contributed by atoms with van der Waals surface area (Å²) in [4.78, 5) is 16.7. The van der Waals surface area contributed by atoms with Crippen LogP contribution in [-0.4, -0.2) is 61.5 Å². The Morgan fingerprint density at radius 2 is 1.78 bits per heavy atom. The van der Waals surface area contributed by atoms with Gasteiger partial charge in [0, 0.05) is 52.2 Å². The van der Waals surface area contributed by atoms with Gasteiger partial charge in [-0.1, -0.05) is 13.8 Å². The Kier molecular flexibility index (Phi) is 5.01. The molecule has 2 rings (SSSR count). The van der Waals surface area contributed by atoms with Gasteiger partial charge in [-0.15, -0.1) is 0 Å². The maximum Gasteiger partial charge on any atom is 0.223 e. The molecular weight excluding hydrogens is 226 g/mol. The van der Waals surface area contributed by atoms with Crippen LogP contribution >= 0.6 is 0 Å². The van der Waals surface area contributed by atoms with E-state index in [9.17, 15) is 4.79 Å². The van der Waals surface area contributed by atoms with E-state index in [1.165, 1.54) is 6.42 Å². The molecule has 2 aliphatic heterocycles. The van der Waals surface area contributed by atoms with Crippen LogP contribution in [0.5, 0.6) is 0 Å². The minimum atomic E-state index is 0.354. The molecule has 0 bridgehead atoms. The molecule has 2 atom stereocenters. The maximum atomic E-state index is 12.2. The van der Waals surface area contributed by atoms with Gasteiger partial charge < -0.3 is 15.1 Å². The van der Waals surface area contributed by atoms with E-state index >= 15 is 0 Å². The summed E-state index contributed by atoms with van der Waals surface area (Å²) in [6.07, 6.45) is 1.96. The molecule has 0 radical (unpaired) electrons. The molecule has 2 saturated heterocycles. The fraction of sp³-hybridized carbons (Fsp3) is 0.929. The minimum Gasteiger partial charge on any atom is -0.342 e. The highest BCUT2D eigenvalue weighted by atomic mass is 16.2. The van der Waals surface area contributed by atoms with Crippen LogP contribution in [-0.2, 0) is 4.79 Å². The van der Waals surface area contributed by atoms with Crippen molar-refractivity contribution in [2.45, 2.75) is 26.7 Å². The summed E-state index contributed by atoms with van der Waals surface area (Å²) in [6, 6.07) is 0. The van der Waals surface area contributed by atoms with Gasteiger partial charge in [-0.2, -0.15) is 0 Å². The monoisotopic (exact) mass is 253 g/mol. The third-order valence-corrected chi connectivity index (χ3v) is 4.07. The van der Waals surface area contributed by atoms with Crippen LogP contribution in [0.1, 0.15) is 26.7 Å². The molecular formula is C14H27N3O. The van der Waals surface area contributed by atoms with Crippen LogP contribution in [0.25, 0.3) is 0 Å². The van der Waals surface area contributed by atoms with Crippen molar-refractivity contribution in [2.24, 2.45) is 11.8 Å². The SMILES string of the molecule is CC1CC(C)CN(C(=O)CCN2CCNCC2)C1. The first kappa shape index (κ1) is 13.8. The van der Waals surface area contributed by atoms with E-state index in [2.05, 4.69) is 29.0 Å². The number of hydrogen-bond donors (Lipinski definition) is 1. The number of nitrogens with zero attached hydrogens (tertiary/aromatic N) is 2. The van der Waals surface area contributed by atoms with E-state index < -0.39 is 0 Å². The van der Waals surface area contributed by atoms with Crippen LogP contribution in [0, 0.1) is 11.8 Å². The average Bonchev–Trinajstić information content (AvgIpc) is 2.36. The molecule has 4 nitrogen and oxygen atoms in total. The molecule has 0 aliphatic carbocycles. The van der Waals surface area contributed by atoms with Crippen molar-refractivity contribution in [3.05, 3.63) is 0 Å². The Bertz CT molecular complexity index is 266. The van der Waals surface area contributed by atoms with Crippen molar-refractivity contribution in [3.8, 4) is 0 Å². The zero-order valence-electron chi connectivity index (χ0n) is 11.8. The Morgan fingerprint density at radius 3 is 2.39 bits per heavy atom. The summed E-state index contributed by atoms with van der Waals surface area (Å²) in [6.45, 7) is 11.7. The quantitative estimate of drug-likeness (QED) is 0.807. The molecule has 0 aromatic heterocycles. The molecule has 2 unspecified atom stereocenters. The molecule has 0 aromatic carbocycles. The molecule has 0 aromatic rings. The van der Waals surface area contributed by atoms with Crippen molar-refractivity contribution in [1.82, 2.24) is 15.1 Å². The molecule has 2 aliphatic rings. The fourth-order valence-corrected chi connectivity index (χ4v) is 3.21. The topological polar surface area (TPSA) is 35.6 Å². The molecule has 2 heterocycles. The first-order chi connectivity index (χ1) is 8.65. The van der Waals surface area contributed by atoms with Crippen LogP contribution in [0.4, 0.5) is 0 Å². The first-order valence-electron chi connectivity index (χ1n) is 7.36. The number of nitrogens with one attached hydrogen (secondary N) is 1. The van der Waals surface area contributed by atoms with Crippen LogP contribution < -0.4 is 5.32 Å². The second-order valence-corrected chi connectivity index (χ2v) is 6.09. The summed E-state index contributed by atoms with van der Waals surface area (Å²) in [5, 5.41) is 3.34. The van der Waals surface area contributed by atoms with E-state index in [-0.39, 0.29) is 0 Å². The number of piperazine rings is 1. The summed E-state index contributed by atoms with van der Waals surface area (Å²) < 4.78 is 0. The van der Waals surface area contributed by atoms with E-state index in [0.29, 0.717) is 24.2 Å². The molecule has 0 spiro atoms. The fourth-order valence-electron chi connectivity index (χ4n) is 3.21. The van der Waals surface area contributed by atoms with Gasteiger partial charge in [0.25, 0.3) is 0 Å². The Labute approximate surface area is 111 Å². The summed E-state index contributed by atoms with van der Waals surface area (Å²) in [5.41, 5.74) is 0. The predicted molar refractivity (Wildman–Crippen MR) is 73.5 cm³/mol. The van der Waals surface area contributed by atoms with Gasteiger partial charge in [0.15, 0.2) is 0 Å². The average molecular weight is 253 g/mol. The van der Waals surface area contributed by atoms with Crippen molar-refractivity contribution in [3.63, 3.8) is 0 Å². The largest absolute Gasteiger partial charge is 0.342 e. The van der Waals surface area contributed by atoms with Gasteiger partial charge in [0.2, 0.25) is 5.91 Å². The highest BCUT2D eigenvalue weighted by Crippen LogP contribution is 2.21. The Morgan fingerprint density at radius 1 is 1.17 bits per heavy atom. The predicted octanol–water partition coefficient (Wildman–Crippen LogP) is 0.786. The first-order valence-corrected chi connectivity index (χ1v) is 7.36. The zero-order chi connectivity index (χ0) is 13.0. The van der Waals surface area contributed by atoms with Crippen LogP contribution in [0.2, 0.25) is 0 Å². The lowest BCUT2D eigenvalue weighted by Gasteiger charge is -2.35. The third-order valence-electron chi connectivity index (χ3n) is 4.07. The van der Waals surface area contributed by atoms with Crippen LogP contribution in [0.15, 0.2) is 0 Å². The number of rotatable bonds is 3. The second kappa shape index (κ2) is 6.53. The number of carbonyl (C=O) groups excluding carboxylic acids is 1. The van der Waals surface area contributed by atoms with E-state index in [1.54, 1.807) is 0 Å². The van der Waals surface area contributed by atoms with Crippen molar-refractivity contribution in [1.29, 1.82) is 0 Å². The molecule has 1 amide bonds. The number of likely N-dealkylation sites (tertiary alicyclic amines) is 1. The highest BCUT2D eigenvalue weighted by molar-refractivity contribution is 5.76. The van der Waals surface area contributed by atoms with Gasteiger partial charge in [-0.3, -0.25) is 4.79 Å². The van der Waals surface area contributed by atoms with E-state index in [4.69, 9.17) is 0 Å². The summed E-state index contributed by atoms with van der Waals surface area (Å²) in [5.74, 6) is 1.68. The lowest BCUT2D eigenvalue weighted by atomic mass is 9.92. The second-order valence-electron chi connectivity index (χ2n) is 6.09. The molecule has 1 N–H and O–H groups in total. The van der Waals surface area contributed by atoms with E-state index in [1.807, 2.05) is 0 Å². The zero-order valence-corrected chi connectivity index (χ0v) is 11.8. The number of carbonyl (C=O) groups is 1. The number of hydrogen-bond acceptors (Lipinski definition) is 3. The minimum absolute atomic E-state index is 0.354. The van der Waals surface area contributed by atoms with Gasteiger partial charge in [-0.05, 0) is 18.3 Å². The lowest BCUT2D eigenvalue weighted by molar-refractivity contribution is -0.134. The molecule has 18 heavy (non-hydrogen) atoms. The standard InChI is InChI=1S/C14H27N3O/c1-12-9-13(2)11-17(10-12)14(18)3-6-16-7-4-15-5-8-16/h12-13,15H,3-11H2,1-2H3.